The third-order valence-electron chi connectivity index (χ3n) is 4.45. The highest BCUT2D eigenvalue weighted by Crippen LogP contribution is 2.22. The number of carbonyl (C=O) groups is 1. The number of aryl methyl sites for hydroxylation is 2. The molecule has 1 amide bonds. The van der Waals surface area contributed by atoms with Gasteiger partial charge in [-0.15, -0.1) is 10.2 Å². The third-order valence-corrected chi connectivity index (χ3v) is 6.22. The highest BCUT2D eigenvalue weighted by molar-refractivity contribution is 7.89. The number of primary sulfonamides is 1. The van der Waals surface area contributed by atoms with Crippen molar-refractivity contribution in [2.45, 2.75) is 57.9 Å². The number of carbonyl (C=O) groups excluding carboxylic acids is 1. The van der Waals surface area contributed by atoms with Crippen molar-refractivity contribution >= 4 is 43.4 Å². The summed E-state index contributed by atoms with van der Waals surface area (Å²) < 4.78 is 25.3. The smallest absolute Gasteiger partial charge is 0.238 e. The number of imidazole rings is 1. The van der Waals surface area contributed by atoms with Crippen molar-refractivity contribution in [1.82, 2.24) is 19.7 Å². The lowest BCUT2D eigenvalue weighted by Crippen LogP contribution is -2.14. The van der Waals surface area contributed by atoms with Gasteiger partial charge in [0, 0.05) is 25.8 Å². The van der Waals surface area contributed by atoms with Gasteiger partial charge in [-0.3, -0.25) is 4.79 Å². The van der Waals surface area contributed by atoms with Crippen LogP contribution in [0.2, 0.25) is 0 Å². The van der Waals surface area contributed by atoms with E-state index in [0.717, 1.165) is 35.7 Å². The molecule has 0 radical (unpaired) electrons. The molecule has 0 aliphatic heterocycles. The second-order valence-corrected chi connectivity index (χ2v) is 10.1. The van der Waals surface area contributed by atoms with Crippen LogP contribution in [0.25, 0.3) is 11.0 Å². The van der Waals surface area contributed by atoms with Crippen molar-refractivity contribution in [3.05, 3.63) is 29.0 Å². The summed E-state index contributed by atoms with van der Waals surface area (Å²) in [6, 6.07) is 4.66. The van der Waals surface area contributed by atoms with Crippen molar-refractivity contribution in [2.24, 2.45) is 11.1 Å². The molecular formula is C19H26N6O3S2. The van der Waals surface area contributed by atoms with Gasteiger partial charge in [0.15, 0.2) is 0 Å². The lowest BCUT2D eigenvalue weighted by atomic mass is 10.1. The molecule has 0 aliphatic rings. The van der Waals surface area contributed by atoms with Crippen LogP contribution >= 0.6 is 11.3 Å². The number of nitrogens with two attached hydrogens (primary N) is 1. The van der Waals surface area contributed by atoms with Crippen LogP contribution < -0.4 is 10.5 Å². The van der Waals surface area contributed by atoms with E-state index < -0.39 is 10.0 Å². The second-order valence-electron chi connectivity index (χ2n) is 7.52. The minimum atomic E-state index is -3.80. The van der Waals surface area contributed by atoms with Crippen LogP contribution in [0.3, 0.4) is 0 Å². The fourth-order valence-corrected chi connectivity index (χ4v) is 4.65. The molecule has 0 saturated heterocycles. The maximum atomic E-state index is 12.4. The Morgan fingerprint density at radius 2 is 2.07 bits per heavy atom. The van der Waals surface area contributed by atoms with E-state index in [1.165, 1.54) is 23.5 Å². The van der Waals surface area contributed by atoms with Crippen molar-refractivity contribution in [3.8, 4) is 0 Å². The molecule has 3 rings (SSSR count). The summed E-state index contributed by atoms with van der Waals surface area (Å²) >= 11 is 1.39. The number of benzene rings is 1. The standard InChI is InChI=1S/C19H26N6O3S2/c1-4-9-25-15-6-5-13(30(20,27)28)11-14(15)21-16(25)7-8-17(26)22-19-24-23-18(29-19)10-12(2)3/h5-6,11-12H,4,7-10H2,1-3H3,(H2,20,27,28)(H,22,24,26). The zero-order valence-electron chi connectivity index (χ0n) is 17.3. The first-order chi connectivity index (χ1) is 14.2. The van der Waals surface area contributed by atoms with Crippen molar-refractivity contribution in [1.29, 1.82) is 0 Å². The predicted octanol–water partition coefficient (Wildman–Crippen LogP) is 2.71. The largest absolute Gasteiger partial charge is 0.328 e. The summed E-state index contributed by atoms with van der Waals surface area (Å²) in [6.45, 7) is 6.98. The summed E-state index contributed by atoms with van der Waals surface area (Å²) in [5, 5.41) is 17.5. The van der Waals surface area contributed by atoms with Crippen LogP contribution in [0.15, 0.2) is 23.1 Å². The zero-order valence-corrected chi connectivity index (χ0v) is 18.9. The molecule has 2 heterocycles. The van der Waals surface area contributed by atoms with E-state index in [-0.39, 0.29) is 17.2 Å². The minimum Gasteiger partial charge on any atom is -0.328 e. The van der Waals surface area contributed by atoms with Crippen LogP contribution in [0.1, 0.15) is 44.4 Å². The molecular weight excluding hydrogens is 424 g/mol. The van der Waals surface area contributed by atoms with Crippen LogP contribution in [-0.4, -0.2) is 34.1 Å². The molecule has 0 bridgehead atoms. The Morgan fingerprint density at radius 3 is 2.73 bits per heavy atom. The second kappa shape index (κ2) is 9.19. The van der Waals surface area contributed by atoms with E-state index in [0.29, 0.717) is 23.0 Å². The van der Waals surface area contributed by atoms with Crippen LogP contribution in [0.4, 0.5) is 5.13 Å². The first kappa shape index (κ1) is 22.3. The lowest BCUT2D eigenvalue weighted by molar-refractivity contribution is -0.116. The summed E-state index contributed by atoms with van der Waals surface area (Å²) in [5.74, 6) is 1.04. The minimum absolute atomic E-state index is 0.0221. The molecule has 0 unspecified atom stereocenters. The summed E-state index contributed by atoms with van der Waals surface area (Å²) in [5.41, 5.74) is 1.37. The number of hydrogen-bond donors (Lipinski definition) is 2. The lowest BCUT2D eigenvalue weighted by Gasteiger charge is -2.07. The maximum absolute atomic E-state index is 12.4. The van der Waals surface area contributed by atoms with Crippen molar-refractivity contribution in [2.75, 3.05) is 5.32 Å². The van der Waals surface area contributed by atoms with Gasteiger partial charge in [-0.25, -0.2) is 18.5 Å². The highest BCUT2D eigenvalue weighted by Gasteiger charge is 2.16. The fourth-order valence-electron chi connectivity index (χ4n) is 3.14. The first-order valence-electron chi connectivity index (χ1n) is 9.81. The van der Waals surface area contributed by atoms with Gasteiger partial charge in [-0.05, 0) is 30.5 Å². The summed E-state index contributed by atoms with van der Waals surface area (Å²) in [6.07, 6.45) is 2.36. The Hall–Kier alpha value is -2.37. The Balaban J connectivity index is 1.73. The van der Waals surface area contributed by atoms with Gasteiger partial charge >= 0.3 is 0 Å². The molecule has 3 N–H and O–H groups in total. The molecule has 9 nitrogen and oxygen atoms in total. The van der Waals surface area contributed by atoms with Gasteiger partial charge in [0.1, 0.15) is 10.8 Å². The van der Waals surface area contributed by atoms with Gasteiger partial charge in [0.25, 0.3) is 0 Å². The average molecular weight is 451 g/mol. The molecule has 11 heteroatoms. The molecule has 0 aliphatic carbocycles. The van der Waals surface area contributed by atoms with Crippen LogP contribution in [0.5, 0.6) is 0 Å². The number of aromatic nitrogens is 4. The molecule has 1 aromatic carbocycles. The number of fused-ring (bicyclic) bond motifs is 1. The molecule has 0 saturated carbocycles. The monoisotopic (exact) mass is 450 g/mol. The third kappa shape index (κ3) is 5.41. The van der Waals surface area contributed by atoms with Gasteiger partial charge in [0.05, 0.1) is 15.9 Å². The molecule has 0 atom stereocenters. The number of nitrogens with zero attached hydrogens (tertiary/aromatic N) is 4. The normalized spacial score (nSPS) is 12.0. The van der Waals surface area contributed by atoms with Gasteiger partial charge < -0.3 is 9.88 Å². The van der Waals surface area contributed by atoms with E-state index in [4.69, 9.17) is 5.14 Å². The van der Waals surface area contributed by atoms with Crippen molar-refractivity contribution < 1.29 is 13.2 Å². The van der Waals surface area contributed by atoms with E-state index in [9.17, 15) is 13.2 Å². The number of anilines is 1. The Bertz CT molecular complexity index is 1150. The van der Waals surface area contributed by atoms with E-state index in [2.05, 4.69) is 34.3 Å². The van der Waals surface area contributed by atoms with E-state index >= 15 is 0 Å². The molecule has 0 fully saturated rings. The predicted molar refractivity (Wildman–Crippen MR) is 117 cm³/mol. The topological polar surface area (TPSA) is 133 Å². The molecule has 0 spiro atoms. The molecule has 3 aromatic rings. The Kier molecular flexibility index (Phi) is 6.84. The first-order valence-corrected chi connectivity index (χ1v) is 12.2. The quantitative estimate of drug-likeness (QED) is 0.515. The maximum Gasteiger partial charge on any atom is 0.238 e. The van der Waals surface area contributed by atoms with Crippen LogP contribution in [0, 0.1) is 5.92 Å². The van der Waals surface area contributed by atoms with Crippen LogP contribution in [-0.2, 0) is 34.2 Å². The summed E-state index contributed by atoms with van der Waals surface area (Å²) in [4.78, 5) is 17.0. The number of rotatable bonds is 9. The average Bonchev–Trinajstić information content (AvgIpc) is 3.23. The van der Waals surface area contributed by atoms with Gasteiger partial charge in [-0.2, -0.15) is 0 Å². The molecule has 2 aromatic heterocycles. The highest BCUT2D eigenvalue weighted by atomic mass is 32.2. The van der Waals surface area contributed by atoms with Crippen molar-refractivity contribution in [3.63, 3.8) is 0 Å². The Morgan fingerprint density at radius 1 is 1.30 bits per heavy atom. The van der Waals surface area contributed by atoms with Gasteiger partial charge in [-0.1, -0.05) is 32.1 Å². The zero-order chi connectivity index (χ0) is 21.9. The number of nitrogens with one attached hydrogen (secondary N) is 1. The number of hydrogen-bond acceptors (Lipinski definition) is 7. The van der Waals surface area contributed by atoms with Gasteiger partial charge in [0.2, 0.25) is 21.1 Å². The fraction of sp³-hybridized carbons (Fsp3) is 0.474. The number of sulfonamides is 1. The Labute approximate surface area is 179 Å². The summed E-state index contributed by atoms with van der Waals surface area (Å²) in [7, 11) is -3.80. The SMILES string of the molecule is CCCn1c(CCC(=O)Nc2nnc(CC(C)C)s2)nc2cc(S(N)(=O)=O)ccc21. The number of amides is 1. The van der Waals surface area contributed by atoms with E-state index in [1.54, 1.807) is 6.07 Å². The molecule has 30 heavy (non-hydrogen) atoms. The van der Waals surface area contributed by atoms with E-state index in [1.807, 2.05) is 11.5 Å². The molecule has 162 valence electrons.